The number of benzene rings is 1. The summed E-state index contributed by atoms with van der Waals surface area (Å²) in [6, 6.07) is 8.03. The molecule has 0 aliphatic carbocycles. The standard InChI is InChI=1S/C17H26N2O/c1-13-11-15(6-7-17(13)20-3)12-19-10-9-18-8-4-5-16(18)14(19)2/h6-7,11,14,16H,4-5,8-10,12H2,1-3H3/t14-,16-/m1/s1. The van der Waals surface area contributed by atoms with Crippen LogP contribution in [-0.2, 0) is 6.54 Å². The monoisotopic (exact) mass is 274 g/mol. The first kappa shape index (κ1) is 13.9. The number of piperazine rings is 1. The van der Waals surface area contributed by atoms with Crippen LogP contribution in [0.2, 0.25) is 0 Å². The lowest BCUT2D eigenvalue weighted by Gasteiger charge is -2.43. The zero-order valence-corrected chi connectivity index (χ0v) is 12.9. The Bertz CT molecular complexity index is 474. The molecule has 2 saturated heterocycles. The molecular weight excluding hydrogens is 248 g/mol. The Morgan fingerprint density at radius 1 is 1.25 bits per heavy atom. The topological polar surface area (TPSA) is 15.7 Å². The van der Waals surface area contributed by atoms with Crippen LogP contribution in [-0.4, -0.2) is 48.6 Å². The molecule has 0 unspecified atom stereocenters. The van der Waals surface area contributed by atoms with E-state index in [2.05, 4.69) is 41.8 Å². The van der Waals surface area contributed by atoms with Crippen molar-refractivity contribution in [2.75, 3.05) is 26.7 Å². The normalized spacial score (nSPS) is 27.6. The molecule has 0 saturated carbocycles. The average Bonchev–Trinajstić information content (AvgIpc) is 2.91. The van der Waals surface area contributed by atoms with Crippen LogP contribution in [0.3, 0.4) is 0 Å². The number of rotatable bonds is 3. The lowest BCUT2D eigenvalue weighted by molar-refractivity contribution is 0.0470. The van der Waals surface area contributed by atoms with Gasteiger partial charge in [-0.3, -0.25) is 9.80 Å². The highest BCUT2D eigenvalue weighted by atomic mass is 16.5. The van der Waals surface area contributed by atoms with E-state index in [0.717, 1.165) is 18.3 Å². The minimum absolute atomic E-state index is 0.675. The molecule has 110 valence electrons. The number of hydrogen-bond acceptors (Lipinski definition) is 3. The quantitative estimate of drug-likeness (QED) is 0.843. The van der Waals surface area contributed by atoms with Crippen LogP contribution >= 0.6 is 0 Å². The van der Waals surface area contributed by atoms with Crippen molar-refractivity contribution in [2.24, 2.45) is 0 Å². The Hall–Kier alpha value is -1.06. The lowest BCUT2D eigenvalue weighted by Crippen LogP contribution is -2.55. The molecule has 0 radical (unpaired) electrons. The van der Waals surface area contributed by atoms with Crippen molar-refractivity contribution in [2.45, 2.75) is 45.3 Å². The Kier molecular flexibility index (Phi) is 3.99. The van der Waals surface area contributed by atoms with Crippen LogP contribution in [0.1, 0.15) is 30.9 Å². The molecule has 0 spiro atoms. The van der Waals surface area contributed by atoms with Gasteiger partial charge in [-0.25, -0.2) is 0 Å². The molecule has 3 heteroatoms. The predicted molar refractivity (Wildman–Crippen MR) is 82.2 cm³/mol. The van der Waals surface area contributed by atoms with Crippen molar-refractivity contribution in [3.05, 3.63) is 29.3 Å². The molecule has 1 aromatic carbocycles. The van der Waals surface area contributed by atoms with E-state index in [0.29, 0.717) is 6.04 Å². The van der Waals surface area contributed by atoms with Gasteiger partial charge in [0.25, 0.3) is 0 Å². The predicted octanol–water partition coefficient (Wildman–Crippen LogP) is 2.67. The van der Waals surface area contributed by atoms with Gasteiger partial charge < -0.3 is 4.74 Å². The number of aryl methyl sites for hydroxylation is 1. The van der Waals surface area contributed by atoms with Gasteiger partial charge in [-0.05, 0) is 50.4 Å². The third-order valence-corrected chi connectivity index (χ3v) is 5.07. The molecule has 2 aliphatic heterocycles. The zero-order valence-electron chi connectivity index (χ0n) is 12.9. The zero-order chi connectivity index (χ0) is 14.1. The number of fused-ring (bicyclic) bond motifs is 1. The van der Waals surface area contributed by atoms with Crippen LogP contribution in [0.5, 0.6) is 5.75 Å². The molecular formula is C17H26N2O. The highest BCUT2D eigenvalue weighted by Gasteiger charge is 2.36. The minimum Gasteiger partial charge on any atom is -0.496 e. The van der Waals surface area contributed by atoms with E-state index >= 15 is 0 Å². The van der Waals surface area contributed by atoms with Gasteiger partial charge in [0.1, 0.15) is 5.75 Å². The van der Waals surface area contributed by atoms with E-state index in [1.54, 1.807) is 7.11 Å². The van der Waals surface area contributed by atoms with E-state index in [4.69, 9.17) is 4.74 Å². The number of ether oxygens (including phenoxy) is 1. The Morgan fingerprint density at radius 3 is 2.85 bits per heavy atom. The lowest BCUT2D eigenvalue weighted by atomic mass is 10.0. The summed E-state index contributed by atoms with van der Waals surface area (Å²) in [5, 5.41) is 0. The van der Waals surface area contributed by atoms with Crippen molar-refractivity contribution in [3.8, 4) is 5.75 Å². The van der Waals surface area contributed by atoms with Gasteiger partial charge >= 0.3 is 0 Å². The second kappa shape index (κ2) is 5.74. The number of nitrogens with zero attached hydrogens (tertiary/aromatic N) is 2. The molecule has 0 amide bonds. The van der Waals surface area contributed by atoms with Crippen LogP contribution < -0.4 is 4.74 Å². The maximum atomic E-state index is 5.35. The van der Waals surface area contributed by atoms with Crippen LogP contribution in [0.4, 0.5) is 0 Å². The molecule has 3 nitrogen and oxygen atoms in total. The van der Waals surface area contributed by atoms with Crippen molar-refractivity contribution in [3.63, 3.8) is 0 Å². The fourth-order valence-corrected chi connectivity index (χ4v) is 3.88. The largest absolute Gasteiger partial charge is 0.496 e. The van der Waals surface area contributed by atoms with E-state index in [9.17, 15) is 0 Å². The van der Waals surface area contributed by atoms with Crippen LogP contribution in [0.15, 0.2) is 18.2 Å². The van der Waals surface area contributed by atoms with Crippen LogP contribution in [0, 0.1) is 6.92 Å². The summed E-state index contributed by atoms with van der Waals surface area (Å²) < 4.78 is 5.35. The Balaban J connectivity index is 1.69. The van der Waals surface area contributed by atoms with Gasteiger partial charge in [0.15, 0.2) is 0 Å². The summed E-state index contributed by atoms with van der Waals surface area (Å²) in [4.78, 5) is 5.33. The maximum Gasteiger partial charge on any atom is 0.121 e. The molecule has 0 aromatic heterocycles. The summed E-state index contributed by atoms with van der Waals surface area (Å²) in [6.07, 6.45) is 2.75. The van der Waals surface area contributed by atoms with Crippen molar-refractivity contribution in [1.82, 2.24) is 9.80 Å². The first-order chi connectivity index (χ1) is 9.69. The fourth-order valence-electron chi connectivity index (χ4n) is 3.88. The van der Waals surface area contributed by atoms with E-state index < -0.39 is 0 Å². The first-order valence-corrected chi connectivity index (χ1v) is 7.80. The summed E-state index contributed by atoms with van der Waals surface area (Å²) in [7, 11) is 1.74. The van der Waals surface area contributed by atoms with Gasteiger partial charge in [-0.2, -0.15) is 0 Å². The molecule has 1 aromatic rings. The average molecular weight is 274 g/mol. The third-order valence-electron chi connectivity index (χ3n) is 5.07. The Labute approximate surface area is 122 Å². The van der Waals surface area contributed by atoms with Gasteiger partial charge in [0, 0.05) is 31.7 Å². The highest BCUT2D eigenvalue weighted by Crippen LogP contribution is 2.28. The molecule has 0 bridgehead atoms. The smallest absolute Gasteiger partial charge is 0.121 e. The molecule has 2 atom stereocenters. The second-order valence-corrected chi connectivity index (χ2v) is 6.26. The molecule has 2 heterocycles. The summed E-state index contributed by atoms with van der Waals surface area (Å²) >= 11 is 0. The first-order valence-electron chi connectivity index (χ1n) is 7.80. The van der Waals surface area contributed by atoms with Gasteiger partial charge in [0.2, 0.25) is 0 Å². The van der Waals surface area contributed by atoms with Gasteiger partial charge in [0.05, 0.1) is 7.11 Å². The van der Waals surface area contributed by atoms with Crippen LogP contribution in [0.25, 0.3) is 0 Å². The molecule has 20 heavy (non-hydrogen) atoms. The summed E-state index contributed by atoms with van der Waals surface area (Å²) in [5.41, 5.74) is 2.64. The summed E-state index contributed by atoms with van der Waals surface area (Å²) in [6.45, 7) is 9.34. The molecule has 0 N–H and O–H groups in total. The van der Waals surface area contributed by atoms with Gasteiger partial charge in [-0.1, -0.05) is 12.1 Å². The highest BCUT2D eigenvalue weighted by molar-refractivity contribution is 5.36. The SMILES string of the molecule is COc1ccc(CN2CCN3CCC[C@@H]3[C@H]2C)cc1C. The minimum atomic E-state index is 0.675. The van der Waals surface area contributed by atoms with Crippen molar-refractivity contribution in [1.29, 1.82) is 0 Å². The van der Waals surface area contributed by atoms with E-state index in [-0.39, 0.29) is 0 Å². The Morgan fingerprint density at radius 2 is 2.10 bits per heavy atom. The molecule has 2 aliphatic rings. The number of methoxy groups -OCH3 is 1. The second-order valence-electron chi connectivity index (χ2n) is 6.26. The third kappa shape index (κ3) is 2.57. The van der Waals surface area contributed by atoms with Gasteiger partial charge in [-0.15, -0.1) is 0 Å². The van der Waals surface area contributed by atoms with E-state index in [1.165, 1.54) is 43.6 Å². The molecule has 2 fully saturated rings. The summed E-state index contributed by atoms with van der Waals surface area (Å²) in [5.74, 6) is 0.988. The molecule has 3 rings (SSSR count). The number of hydrogen-bond donors (Lipinski definition) is 0. The van der Waals surface area contributed by atoms with E-state index in [1.807, 2.05) is 0 Å². The van der Waals surface area contributed by atoms with Crippen molar-refractivity contribution >= 4 is 0 Å². The maximum absolute atomic E-state index is 5.35. The van der Waals surface area contributed by atoms with Crippen molar-refractivity contribution < 1.29 is 4.74 Å². The fraction of sp³-hybridized carbons (Fsp3) is 0.647.